The van der Waals surface area contributed by atoms with E-state index in [-0.39, 0.29) is 5.91 Å². The van der Waals surface area contributed by atoms with E-state index in [1.54, 1.807) is 6.92 Å². The number of nitrogens with one attached hydrogen (secondary N) is 1. The van der Waals surface area contributed by atoms with E-state index in [2.05, 4.69) is 5.32 Å². The zero-order valence-corrected chi connectivity index (χ0v) is 13.7. The molecule has 1 saturated carbocycles. The number of nitrogens with two attached hydrogens (primary N) is 1. The summed E-state index contributed by atoms with van der Waals surface area (Å²) in [5, 5.41) is 2.95. The predicted molar refractivity (Wildman–Crippen MR) is 88.7 cm³/mol. The van der Waals surface area contributed by atoms with E-state index >= 15 is 0 Å². The van der Waals surface area contributed by atoms with Crippen molar-refractivity contribution in [1.82, 2.24) is 5.32 Å². The van der Waals surface area contributed by atoms with Gasteiger partial charge in [-0.1, -0.05) is 31.5 Å². The van der Waals surface area contributed by atoms with Crippen molar-refractivity contribution in [2.75, 3.05) is 0 Å². The molecule has 0 radical (unpaired) electrons. The molecule has 1 aromatic carbocycles. The van der Waals surface area contributed by atoms with Gasteiger partial charge in [0.25, 0.3) is 0 Å². The Morgan fingerprint density at radius 3 is 2.73 bits per heavy atom. The summed E-state index contributed by atoms with van der Waals surface area (Å²) in [7, 11) is 0. The number of rotatable bonds is 7. The van der Waals surface area contributed by atoms with Crippen molar-refractivity contribution < 1.29 is 9.53 Å². The second-order valence-corrected chi connectivity index (χ2v) is 6.48. The van der Waals surface area contributed by atoms with Crippen molar-refractivity contribution in [2.45, 2.75) is 70.6 Å². The molecule has 3 N–H and O–H groups in total. The van der Waals surface area contributed by atoms with Crippen LogP contribution in [0.2, 0.25) is 0 Å². The summed E-state index contributed by atoms with van der Waals surface area (Å²) in [6.45, 7) is 4.27. The molecule has 1 aliphatic rings. The standard InChI is InChI=1S/C18H28N2O2/c1-3-12-18(2,19)17(21)20-13-14-8-4-7-11-16(14)22-15-9-5-6-10-15/h4,7-8,11,15H,3,5-6,9-10,12-13,19H2,1-2H3,(H,20,21). The van der Waals surface area contributed by atoms with Gasteiger partial charge in [-0.15, -0.1) is 0 Å². The van der Waals surface area contributed by atoms with Crippen molar-refractivity contribution in [3.8, 4) is 5.75 Å². The number of carbonyl (C=O) groups excluding carboxylic acids is 1. The Hall–Kier alpha value is -1.55. The van der Waals surface area contributed by atoms with Crippen LogP contribution in [-0.4, -0.2) is 17.6 Å². The molecule has 2 rings (SSSR count). The minimum absolute atomic E-state index is 0.106. The minimum atomic E-state index is -0.810. The molecule has 1 unspecified atom stereocenters. The molecule has 1 aliphatic carbocycles. The first-order chi connectivity index (χ1) is 10.5. The second kappa shape index (κ2) is 7.63. The number of para-hydroxylation sites is 1. The molecule has 4 heteroatoms. The van der Waals surface area contributed by atoms with E-state index < -0.39 is 5.54 Å². The van der Waals surface area contributed by atoms with Crippen molar-refractivity contribution in [3.63, 3.8) is 0 Å². The molecule has 0 bridgehead atoms. The fraction of sp³-hybridized carbons (Fsp3) is 0.611. The molecular weight excluding hydrogens is 276 g/mol. The zero-order valence-electron chi connectivity index (χ0n) is 13.7. The lowest BCUT2D eigenvalue weighted by Gasteiger charge is -2.23. The normalized spacial score (nSPS) is 18.0. The highest BCUT2D eigenvalue weighted by molar-refractivity contribution is 5.85. The van der Waals surface area contributed by atoms with Crippen LogP contribution < -0.4 is 15.8 Å². The van der Waals surface area contributed by atoms with Gasteiger partial charge >= 0.3 is 0 Å². The van der Waals surface area contributed by atoms with Crippen LogP contribution in [0.3, 0.4) is 0 Å². The molecule has 1 atom stereocenters. The molecule has 122 valence electrons. The van der Waals surface area contributed by atoms with Crippen molar-refractivity contribution in [3.05, 3.63) is 29.8 Å². The van der Waals surface area contributed by atoms with Gasteiger partial charge in [0.05, 0.1) is 11.6 Å². The highest BCUT2D eigenvalue weighted by Crippen LogP contribution is 2.26. The van der Waals surface area contributed by atoms with E-state index in [9.17, 15) is 4.79 Å². The predicted octanol–water partition coefficient (Wildman–Crippen LogP) is 3.14. The van der Waals surface area contributed by atoms with Gasteiger partial charge in [-0.3, -0.25) is 4.79 Å². The van der Waals surface area contributed by atoms with E-state index in [0.717, 1.165) is 30.6 Å². The van der Waals surface area contributed by atoms with Crippen LogP contribution in [0.15, 0.2) is 24.3 Å². The topological polar surface area (TPSA) is 64.4 Å². The lowest BCUT2D eigenvalue weighted by Crippen LogP contribution is -2.51. The first kappa shape index (κ1) is 16.8. The quantitative estimate of drug-likeness (QED) is 0.813. The number of hydrogen-bond donors (Lipinski definition) is 2. The van der Waals surface area contributed by atoms with Gasteiger partial charge in [-0.25, -0.2) is 0 Å². The summed E-state index contributed by atoms with van der Waals surface area (Å²) in [4.78, 5) is 12.2. The molecule has 1 aromatic rings. The number of ether oxygens (including phenoxy) is 1. The lowest BCUT2D eigenvalue weighted by molar-refractivity contribution is -0.126. The van der Waals surface area contributed by atoms with Crippen molar-refractivity contribution in [2.24, 2.45) is 5.73 Å². The molecule has 22 heavy (non-hydrogen) atoms. The van der Waals surface area contributed by atoms with Crippen LogP contribution in [0.4, 0.5) is 0 Å². The van der Waals surface area contributed by atoms with Gasteiger partial charge in [0.1, 0.15) is 5.75 Å². The van der Waals surface area contributed by atoms with Gasteiger partial charge in [0.15, 0.2) is 0 Å². The Morgan fingerprint density at radius 2 is 2.05 bits per heavy atom. The van der Waals surface area contributed by atoms with Gasteiger partial charge in [-0.2, -0.15) is 0 Å². The maximum atomic E-state index is 12.2. The number of hydrogen-bond acceptors (Lipinski definition) is 3. The fourth-order valence-electron chi connectivity index (χ4n) is 2.96. The largest absolute Gasteiger partial charge is 0.490 e. The Bertz CT molecular complexity index is 494. The summed E-state index contributed by atoms with van der Waals surface area (Å²) >= 11 is 0. The molecule has 1 amide bonds. The Kier molecular flexibility index (Phi) is 5.83. The summed E-state index contributed by atoms with van der Waals surface area (Å²) in [5.74, 6) is 0.772. The van der Waals surface area contributed by atoms with Crippen molar-refractivity contribution >= 4 is 5.91 Å². The number of amides is 1. The van der Waals surface area contributed by atoms with Crippen LogP contribution in [-0.2, 0) is 11.3 Å². The molecule has 0 spiro atoms. The van der Waals surface area contributed by atoms with Crippen LogP contribution in [0, 0.1) is 0 Å². The van der Waals surface area contributed by atoms with Gasteiger partial charge in [0.2, 0.25) is 5.91 Å². The molecule has 0 heterocycles. The fourth-order valence-corrected chi connectivity index (χ4v) is 2.96. The van der Waals surface area contributed by atoms with E-state index in [1.807, 2.05) is 31.2 Å². The van der Waals surface area contributed by atoms with E-state index in [4.69, 9.17) is 10.5 Å². The number of carbonyl (C=O) groups is 1. The average Bonchev–Trinajstić information content (AvgIpc) is 2.99. The smallest absolute Gasteiger partial charge is 0.240 e. The number of benzene rings is 1. The zero-order chi connectivity index (χ0) is 16.0. The minimum Gasteiger partial charge on any atom is -0.490 e. The Balaban J connectivity index is 1.96. The van der Waals surface area contributed by atoms with E-state index in [1.165, 1.54) is 12.8 Å². The Labute approximate surface area is 133 Å². The Morgan fingerprint density at radius 1 is 1.36 bits per heavy atom. The van der Waals surface area contributed by atoms with Crippen LogP contribution >= 0.6 is 0 Å². The molecule has 0 saturated heterocycles. The third-order valence-corrected chi connectivity index (χ3v) is 4.30. The first-order valence-electron chi connectivity index (χ1n) is 8.34. The third-order valence-electron chi connectivity index (χ3n) is 4.30. The maximum absolute atomic E-state index is 12.2. The van der Waals surface area contributed by atoms with Gasteiger partial charge < -0.3 is 15.8 Å². The average molecular weight is 304 g/mol. The summed E-state index contributed by atoms with van der Waals surface area (Å²) in [5.41, 5.74) is 6.26. The van der Waals surface area contributed by atoms with E-state index in [0.29, 0.717) is 19.1 Å². The summed E-state index contributed by atoms with van der Waals surface area (Å²) in [6, 6.07) is 7.92. The second-order valence-electron chi connectivity index (χ2n) is 6.48. The highest BCUT2D eigenvalue weighted by Gasteiger charge is 2.27. The van der Waals surface area contributed by atoms with Crippen LogP contribution in [0.5, 0.6) is 5.75 Å². The highest BCUT2D eigenvalue weighted by atomic mass is 16.5. The molecule has 0 aliphatic heterocycles. The monoisotopic (exact) mass is 304 g/mol. The third kappa shape index (κ3) is 4.47. The lowest BCUT2D eigenvalue weighted by atomic mass is 9.96. The van der Waals surface area contributed by atoms with Gasteiger partial charge in [0, 0.05) is 12.1 Å². The molecular formula is C18H28N2O2. The van der Waals surface area contributed by atoms with Crippen LogP contribution in [0.25, 0.3) is 0 Å². The van der Waals surface area contributed by atoms with Gasteiger partial charge in [-0.05, 0) is 45.1 Å². The van der Waals surface area contributed by atoms with Crippen molar-refractivity contribution in [1.29, 1.82) is 0 Å². The maximum Gasteiger partial charge on any atom is 0.240 e. The first-order valence-corrected chi connectivity index (χ1v) is 8.34. The summed E-state index contributed by atoms with van der Waals surface area (Å²) < 4.78 is 6.09. The SMILES string of the molecule is CCCC(C)(N)C(=O)NCc1ccccc1OC1CCCC1. The molecule has 1 fully saturated rings. The summed E-state index contributed by atoms with van der Waals surface area (Å²) in [6.07, 6.45) is 6.62. The molecule has 0 aromatic heterocycles. The molecule has 4 nitrogen and oxygen atoms in total. The van der Waals surface area contributed by atoms with Crippen LogP contribution in [0.1, 0.15) is 57.9 Å².